The molecule has 0 aliphatic rings. The van der Waals surface area contributed by atoms with Gasteiger partial charge in [0.1, 0.15) is 0 Å². The molecule has 0 aromatic carbocycles. The van der Waals surface area contributed by atoms with Gasteiger partial charge in [-0.1, -0.05) is 19.2 Å². The minimum atomic E-state index is 0.911. The molecule has 0 aliphatic heterocycles. The van der Waals surface area contributed by atoms with Gasteiger partial charge < -0.3 is 10.0 Å². The summed E-state index contributed by atoms with van der Waals surface area (Å²) in [6.45, 7) is 8.47. The second-order valence-corrected chi connectivity index (χ2v) is 3.33. The third-order valence-electron chi connectivity index (χ3n) is 1.39. The van der Waals surface area contributed by atoms with Gasteiger partial charge in [-0.3, -0.25) is 0 Å². The number of allylic oxidation sites excluding steroid dienone is 2. The van der Waals surface area contributed by atoms with Crippen LogP contribution in [0.4, 0.5) is 0 Å². The van der Waals surface area contributed by atoms with Crippen LogP contribution >= 0.6 is 11.9 Å². The second kappa shape index (κ2) is 9.42. The van der Waals surface area contributed by atoms with Crippen molar-refractivity contribution in [1.29, 1.82) is 0 Å². The Morgan fingerprint density at radius 2 is 2.31 bits per heavy atom. The predicted octanol–water partition coefficient (Wildman–Crippen LogP) is 2.44. The summed E-state index contributed by atoms with van der Waals surface area (Å²) in [4.78, 5) is 0. The molecular formula is C10H18N2S. The van der Waals surface area contributed by atoms with E-state index in [0.717, 1.165) is 25.1 Å². The first-order valence-electron chi connectivity index (χ1n) is 4.34. The van der Waals surface area contributed by atoms with Crippen molar-refractivity contribution in [3.63, 3.8) is 0 Å². The van der Waals surface area contributed by atoms with Crippen molar-refractivity contribution in [1.82, 2.24) is 10.0 Å². The first-order valence-corrected chi connectivity index (χ1v) is 5.22. The van der Waals surface area contributed by atoms with Gasteiger partial charge in [0.15, 0.2) is 0 Å². The van der Waals surface area contributed by atoms with Crippen molar-refractivity contribution in [2.24, 2.45) is 0 Å². The van der Waals surface area contributed by atoms with Crippen LogP contribution in [0.15, 0.2) is 36.4 Å². The number of unbranched alkanes of at least 4 members (excludes halogenated alkanes) is 1. The summed E-state index contributed by atoms with van der Waals surface area (Å²) in [6, 6.07) is 0. The van der Waals surface area contributed by atoms with Gasteiger partial charge in [0.05, 0.1) is 0 Å². The number of hydrogen-bond acceptors (Lipinski definition) is 3. The molecule has 0 spiro atoms. The summed E-state index contributed by atoms with van der Waals surface area (Å²) in [5.41, 5.74) is 0.911. The van der Waals surface area contributed by atoms with E-state index in [4.69, 9.17) is 0 Å². The van der Waals surface area contributed by atoms with Gasteiger partial charge in [-0.25, -0.2) is 0 Å². The minimum Gasteiger partial charge on any atom is -0.327 e. The predicted molar refractivity (Wildman–Crippen MR) is 62.4 cm³/mol. The van der Waals surface area contributed by atoms with Crippen LogP contribution in [0, 0.1) is 0 Å². The van der Waals surface area contributed by atoms with E-state index in [1.807, 2.05) is 13.1 Å². The van der Waals surface area contributed by atoms with Gasteiger partial charge in [0.2, 0.25) is 0 Å². The van der Waals surface area contributed by atoms with Crippen LogP contribution < -0.4 is 10.0 Å². The molecule has 0 aliphatic carbocycles. The number of rotatable bonds is 8. The van der Waals surface area contributed by atoms with Crippen LogP contribution in [0.1, 0.15) is 12.8 Å². The van der Waals surface area contributed by atoms with Gasteiger partial charge >= 0.3 is 0 Å². The molecule has 74 valence electrons. The van der Waals surface area contributed by atoms with Crippen molar-refractivity contribution < 1.29 is 0 Å². The molecule has 0 heterocycles. The summed E-state index contributed by atoms with van der Waals surface area (Å²) in [5, 5.41) is 4.84. The van der Waals surface area contributed by atoms with E-state index in [1.54, 1.807) is 5.41 Å². The lowest BCUT2D eigenvalue weighted by atomic mass is 10.3. The Kier molecular flexibility index (Phi) is 8.93. The Hall–Kier alpha value is -0.670. The normalized spacial score (nSPS) is 10.2. The zero-order valence-corrected chi connectivity index (χ0v) is 8.99. The standard InChI is InChI=1S/C10H18N2S/c1-4-13-12-10(2)8-6-5-7-9-11-3/h4,6,8,11-12H,1-2,5,7,9H2,3H3/b8-6+. The summed E-state index contributed by atoms with van der Waals surface area (Å²) in [5.74, 6) is 0. The maximum atomic E-state index is 3.83. The highest BCUT2D eigenvalue weighted by atomic mass is 32.2. The van der Waals surface area contributed by atoms with Crippen LogP contribution in [0.2, 0.25) is 0 Å². The third-order valence-corrected chi connectivity index (χ3v) is 1.94. The molecule has 0 unspecified atom stereocenters. The maximum absolute atomic E-state index is 3.83. The molecule has 2 N–H and O–H groups in total. The molecule has 0 saturated heterocycles. The quantitative estimate of drug-likeness (QED) is 0.356. The van der Waals surface area contributed by atoms with Gasteiger partial charge in [0.25, 0.3) is 0 Å². The third kappa shape index (κ3) is 9.24. The summed E-state index contributed by atoms with van der Waals surface area (Å²) < 4.78 is 3.02. The van der Waals surface area contributed by atoms with E-state index in [2.05, 4.69) is 29.3 Å². The summed E-state index contributed by atoms with van der Waals surface area (Å²) >= 11 is 1.44. The molecule has 3 heteroatoms. The van der Waals surface area contributed by atoms with E-state index >= 15 is 0 Å². The van der Waals surface area contributed by atoms with Gasteiger partial charge in [-0.2, -0.15) is 0 Å². The minimum absolute atomic E-state index is 0.911. The summed E-state index contributed by atoms with van der Waals surface area (Å²) in [6.07, 6.45) is 6.36. The number of hydrogen-bond donors (Lipinski definition) is 2. The van der Waals surface area contributed by atoms with Gasteiger partial charge in [0, 0.05) is 5.70 Å². The number of nitrogens with one attached hydrogen (secondary N) is 2. The average Bonchev–Trinajstić information content (AvgIpc) is 2.14. The van der Waals surface area contributed by atoms with E-state index in [0.29, 0.717) is 0 Å². The molecule has 0 rings (SSSR count). The average molecular weight is 198 g/mol. The summed E-state index contributed by atoms with van der Waals surface area (Å²) in [7, 11) is 1.96. The largest absolute Gasteiger partial charge is 0.327 e. The molecule has 0 radical (unpaired) electrons. The molecule has 13 heavy (non-hydrogen) atoms. The molecule has 0 amide bonds. The zero-order valence-electron chi connectivity index (χ0n) is 8.18. The molecule has 0 bridgehead atoms. The second-order valence-electron chi connectivity index (χ2n) is 2.56. The maximum Gasteiger partial charge on any atom is 0.0367 e. The van der Waals surface area contributed by atoms with E-state index < -0.39 is 0 Å². The molecule has 0 atom stereocenters. The lowest BCUT2D eigenvalue weighted by Crippen LogP contribution is -2.06. The Morgan fingerprint density at radius 3 is 2.92 bits per heavy atom. The fourth-order valence-corrected chi connectivity index (χ4v) is 1.08. The van der Waals surface area contributed by atoms with Crippen molar-refractivity contribution in [3.05, 3.63) is 36.4 Å². The Morgan fingerprint density at radius 1 is 1.54 bits per heavy atom. The highest BCUT2D eigenvalue weighted by molar-refractivity contribution is 8.00. The van der Waals surface area contributed by atoms with Crippen LogP contribution in [0.3, 0.4) is 0 Å². The van der Waals surface area contributed by atoms with Crippen LogP contribution in [-0.4, -0.2) is 13.6 Å². The molecule has 0 aromatic heterocycles. The van der Waals surface area contributed by atoms with Crippen molar-refractivity contribution in [2.45, 2.75) is 12.8 Å². The topological polar surface area (TPSA) is 24.1 Å². The molecule has 0 saturated carbocycles. The van der Waals surface area contributed by atoms with Crippen LogP contribution in [0.5, 0.6) is 0 Å². The first-order chi connectivity index (χ1) is 6.31. The highest BCUT2D eigenvalue weighted by Gasteiger charge is 1.84. The lowest BCUT2D eigenvalue weighted by molar-refractivity contribution is 0.735. The molecule has 0 fully saturated rings. The lowest BCUT2D eigenvalue weighted by Gasteiger charge is -1.99. The monoisotopic (exact) mass is 198 g/mol. The smallest absolute Gasteiger partial charge is 0.0367 e. The highest BCUT2D eigenvalue weighted by Crippen LogP contribution is 2.00. The SMILES string of the molecule is C=CSNC(=C)/C=C/CCCNC. The molecule has 0 aromatic rings. The van der Waals surface area contributed by atoms with Gasteiger partial charge in [-0.15, -0.1) is 0 Å². The molecule has 2 nitrogen and oxygen atoms in total. The fraction of sp³-hybridized carbons (Fsp3) is 0.400. The van der Waals surface area contributed by atoms with Crippen molar-refractivity contribution in [2.75, 3.05) is 13.6 Å². The van der Waals surface area contributed by atoms with Crippen LogP contribution in [0.25, 0.3) is 0 Å². The fourth-order valence-electron chi connectivity index (χ4n) is 0.774. The zero-order chi connectivity index (χ0) is 9.94. The van der Waals surface area contributed by atoms with Crippen LogP contribution in [-0.2, 0) is 0 Å². The van der Waals surface area contributed by atoms with E-state index in [1.165, 1.54) is 11.9 Å². The van der Waals surface area contributed by atoms with Gasteiger partial charge in [-0.05, 0) is 49.9 Å². The van der Waals surface area contributed by atoms with E-state index in [9.17, 15) is 0 Å². The Balaban J connectivity index is 3.36. The molecular weight excluding hydrogens is 180 g/mol. The van der Waals surface area contributed by atoms with Crippen molar-refractivity contribution >= 4 is 11.9 Å². The Labute approximate surface area is 85.3 Å². The van der Waals surface area contributed by atoms with Crippen molar-refractivity contribution in [3.8, 4) is 0 Å². The Bertz CT molecular complexity index is 176. The van der Waals surface area contributed by atoms with E-state index in [-0.39, 0.29) is 0 Å². The first kappa shape index (κ1) is 12.3.